The van der Waals surface area contributed by atoms with Crippen molar-refractivity contribution in [3.8, 4) is 0 Å². The van der Waals surface area contributed by atoms with Crippen molar-refractivity contribution in [1.82, 2.24) is 24.1 Å². The SMILES string of the molecule is CN(C)c1ncnc2ccc(N3CCN(S(=O)(=O)c4cnn(C)c4)CC3)cc12. The minimum atomic E-state index is -3.50. The van der Waals surface area contributed by atoms with Crippen LogP contribution in [0.5, 0.6) is 0 Å². The first kappa shape index (κ1) is 18.6. The largest absolute Gasteiger partial charge is 0.369 e. The zero-order valence-corrected chi connectivity index (χ0v) is 17.0. The van der Waals surface area contributed by atoms with E-state index in [1.807, 2.05) is 31.1 Å². The number of nitrogens with zero attached hydrogens (tertiary/aromatic N) is 7. The van der Waals surface area contributed by atoms with Gasteiger partial charge in [0.05, 0.1) is 11.7 Å². The number of benzene rings is 1. The highest BCUT2D eigenvalue weighted by Gasteiger charge is 2.29. The van der Waals surface area contributed by atoms with Gasteiger partial charge in [-0.2, -0.15) is 9.40 Å². The predicted molar refractivity (Wildman–Crippen MR) is 108 cm³/mol. The molecule has 0 bridgehead atoms. The molecule has 1 aromatic carbocycles. The highest BCUT2D eigenvalue weighted by molar-refractivity contribution is 7.89. The summed E-state index contributed by atoms with van der Waals surface area (Å²) >= 11 is 0. The van der Waals surface area contributed by atoms with Gasteiger partial charge < -0.3 is 9.80 Å². The number of rotatable bonds is 4. The molecule has 0 N–H and O–H groups in total. The summed E-state index contributed by atoms with van der Waals surface area (Å²) < 4.78 is 28.6. The van der Waals surface area contributed by atoms with Crippen LogP contribution in [0.3, 0.4) is 0 Å². The van der Waals surface area contributed by atoms with E-state index in [4.69, 9.17) is 0 Å². The first-order chi connectivity index (χ1) is 13.4. The molecule has 4 rings (SSSR count). The molecule has 3 heterocycles. The van der Waals surface area contributed by atoms with Crippen LogP contribution in [-0.2, 0) is 17.1 Å². The Bertz CT molecular complexity index is 1100. The average Bonchev–Trinajstić information content (AvgIpc) is 3.14. The van der Waals surface area contributed by atoms with Crippen molar-refractivity contribution in [2.75, 3.05) is 50.1 Å². The van der Waals surface area contributed by atoms with E-state index in [9.17, 15) is 8.42 Å². The maximum Gasteiger partial charge on any atom is 0.246 e. The van der Waals surface area contributed by atoms with Crippen LogP contribution in [0.2, 0.25) is 0 Å². The monoisotopic (exact) mass is 401 g/mol. The minimum Gasteiger partial charge on any atom is -0.369 e. The Morgan fingerprint density at radius 1 is 1.07 bits per heavy atom. The molecule has 0 spiro atoms. The van der Waals surface area contributed by atoms with Crippen LogP contribution in [0.1, 0.15) is 0 Å². The standard InChI is InChI=1S/C18H23N7O2S/c1-22(2)18-16-10-14(4-5-17(16)19-13-20-18)24-6-8-25(9-7-24)28(26,27)15-11-21-23(3)12-15/h4-5,10-13H,6-9H2,1-3H3. The number of hydrogen-bond acceptors (Lipinski definition) is 7. The molecule has 28 heavy (non-hydrogen) atoms. The summed E-state index contributed by atoms with van der Waals surface area (Å²) in [5.74, 6) is 0.865. The normalized spacial score (nSPS) is 15.9. The molecule has 1 fully saturated rings. The fourth-order valence-electron chi connectivity index (χ4n) is 3.45. The molecule has 2 aromatic heterocycles. The quantitative estimate of drug-likeness (QED) is 0.643. The highest BCUT2D eigenvalue weighted by atomic mass is 32.2. The molecule has 148 valence electrons. The smallest absolute Gasteiger partial charge is 0.246 e. The van der Waals surface area contributed by atoms with Gasteiger partial charge in [-0.25, -0.2) is 18.4 Å². The van der Waals surface area contributed by atoms with Crippen molar-refractivity contribution in [2.45, 2.75) is 4.90 Å². The molecule has 9 nitrogen and oxygen atoms in total. The van der Waals surface area contributed by atoms with Gasteiger partial charge in [-0.15, -0.1) is 0 Å². The first-order valence-electron chi connectivity index (χ1n) is 9.02. The second-order valence-electron chi connectivity index (χ2n) is 7.03. The fourth-order valence-corrected chi connectivity index (χ4v) is 4.86. The maximum atomic E-state index is 12.8. The van der Waals surface area contributed by atoms with E-state index in [2.05, 4.69) is 26.0 Å². The highest BCUT2D eigenvalue weighted by Crippen LogP contribution is 2.28. The Kier molecular flexibility index (Phi) is 4.68. The van der Waals surface area contributed by atoms with Crippen LogP contribution >= 0.6 is 0 Å². The lowest BCUT2D eigenvalue weighted by Gasteiger charge is -2.35. The number of aryl methyl sites for hydroxylation is 1. The topological polar surface area (TPSA) is 87.5 Å². The van der Waals surface area contributed by atoms with E-state index in [-0.39, 0.29) is 4.90 Å². The third-order valence-electron chi connectivity index (χ3n) is 4.94. The van der Waals surface area contributed by atoms with Gasteiger partial charge in [0.2, 0.25) is 10.0 Å². The summed E-state index contributed by atoms with van der Waals surface area (Å²) in [6, 6.07) is 6.09. The van der Waals surface area contributed by atoms with Crippen LogP contribution < -0.4 is 9.80 Å². The molecular formula is C18H23N7O2S. The Labute approximate surface area is 164 Å². The van der Waals surface area contributed by atoms with Gasteiger partial charge in [-0.1, -0.05) is 0 Å². The van der Waals surface area contributed by atoms with Gasteiger partial charge in [0.15, 0.2) is 0 Å². The molecule has 1 aliphatic rings. The van der Waals surface area contributed by atoms with Gasteiger partial charge in [-0.05, 0) is 18.2 Å². The lowest BCUT2D eigenvalue weighted by molar-refractivity contribution is 0.385. The van der Waals surface area contributed by atoms with E-state index in [0.717, 1.165) is 22.4 Å². The van der Waals surface area contributed by atoms with Gasteiger partial charge in [-0.3, -0.25) is 4.68 Å². The zero-order valence-electron chi connectivity index (χ0n) is 16.1. The molecule has 3 aromatic rings. The summed E-state index contributed by atoms with van der Waals surface area (Å²) in [6.45, 7) is 2.11. The van der Waals surface area contributed by atoms with Gasteiger partial charge in [0.25, 0.3) is 0 Å². The third-order valence-corrected chi connectivity index (χ3v) is 6.80. The summed E-state index contributed by atoms with van der Waals surface area (Å²) in [5, 5.41) is 4.96. The van der Waals surface area contributed by atoms with E-state index < -0.39 is 10.0 Å². The van der Waals surface area contributed by atoms with E-state index >= 15 is 0 Å². The molecular weight excluding hydrogens is 378 g/mol. The van der Waals surface area contributed by atoms with E-state index in [1.165, 1.54) is 21.4 Å². The second kappa shape index (κ2) is 7.02. The lowest BCUT2D eigenvalue weighted by Crippen LogP contribution is -2.48. The molecule has 0 unspecified atom stereocenters. The van der Waals surface area contributed by atoms with Gasteiger partial charge in [0.1, 0.15) is 17.0 Å². The third kappa shape index (κ3) is 3.29. The predicted octanol–water partition coefficient (Wildman–Crippen LogP) is 0.940. The Balaban J connectivity index is 1.55. The molecule has 0 atom stereocenters. The molecule has 0 radical (unpaired) electrons. The molecule has 1 saturated heterocycles. The molecule has 1 aliphatic heterocycles. The van der Waals surface area contributed by atoms with Gasteiger partial charge in [0, 0.05) is 64.6 Å². The van der Waals surface area contributed by atoms with Gasteiger partial charge >= 0.3 is 0 Å². The number of aromatic nitrogens is 4. The number of anilines is 2. The van der Waals surface area contributed by atoms with Crippen molar-refractivity contribution in [2.24, 2.45) is 7.05 Å². The van der Waals surface area contributed by atoms with E-state index in [0.29, 0.717) is 26.2 Å². The fraction of sp³-hybridized carbons (Fsp3) is 0.389. The van der Waals surface area contributed by atoms with E-state index in [1.54, 1.807) is 13.4 Å². The lowest BCUT2D eigenvalue weighted by atomic mass is 10.1. The van der Waals surface area contributed by atoms with Crippen LogP contribution in [0, 0.1) is 0 Å². The average molecular weight is 401 g/mol. The molecule has 0 saturated carbocycles. The summed E-state index contributed by atoms with van der Waals surface area (Å²) in [6.07, 6.45) is 4.50. The van der Waals surface area contributed by atoms with Crippen LogP contribution in [-0.4, -0.2) is 72.7 Å². The van der Waals surface area contributed by atoms with Crippen molar-refractivity contribution in [1.29, 1.82) is 0 Å². The van der Waals surface area contributed by atoms with Crippen molar-refractivity contribution in [3.63, 3.8) is 0 Å². The Morgan fingerprint density at radius 3 is 2.46 bits per heavy atom. The van der Waals surface area contributed by atoms with Crippen molar-refractivity contribution in [3.05, 3.63) is 36.9 Å². The molecule has 10 heteroatoms. The Morgan fingerprint density at radius 2 is 1.82 bits per heavy atom. The van der Waals surface area contributed by atoms with Crippen molar-refractivity contribution < 1.29 is 8.42 Å². The number of fused-ring (bicyclic) bond motifs is 1. The minimum absolute atomic E-state index is 0.238. The zero-order chi connectivity index (χ0) is 19.9. The van der Waals surface area contributed by atoms with Crippen LogP contribution in [0.25, 0.3) is 10.9 Å². The summed E-state index contributed by atoms with van der Waals surface area (Å²) in [4.78, 5) is 13.1. The number of hydrogen-bond donors (Lipinski definition) is 0. The summed E-state index contributed by atoms with van der Waals surface area (Å²) in [7, 11) is 2.12. The van der Waals surface area contributed by atoms with Crippen LogP contribution in [0.4, 0.5) is 11.5 Å². The van der Waals surface area contributed by atoms with Crippen LogP contribution in [0.15, 0.2) is 41.8 Å². The van der Waals surface area contributed by atoms with Crippen molar-refractivity contribution >= 4 is 32.4 Å². The first-order valence-corrected chi connectivity index (χ1v) is 10.5. The maximum absolute atomic E-state index is 12.8. The number of sulfonamides is 1. The second-order valence-corrected chi connectivity index (χ2v) is 8.97. The number of piperazine rings is 1. The summed E-state index contributed by atoms with van der Waals surface area (Å²) in [5.41, 5.74) is 1.93. The molecule has 0 aliphatic carbocycles. The molecule has 0 amide bonds. The Hall–Kier alpha value is -2.72.